The highest BCUT2D eigenvalue weighted by Gasteiger charge is 2.25. The number of nitrogens with zero attached hydrogens (tertiary/aromatic N) is 3. The van der Waals surface area contributed by atoms with Gasteiger partial charge in [0.05, 0.1) is 12.1 Å². The van der Waals surface area contributed by atoms with Gasteiger partial charge in [-0.1, -0.05) is 18.3 Å². The zero-order valence-corrected chi connectivity index (χ0v) is 7.64. The summed E-state index contributed by atoms with van der Waals surface area (Å²) < 4.78 is 2.01. The van der Waals surface area contributed by atoms with Gasteiger partial charge in [0, 0.05) is 0 Å². The van der Waals surface area contributed by atoms with Crippen molar-refractivity contribution in [3.8, 4) is 0 Å². The summed E-state index contributed by atoms with van der Waals surface area (Å²) in [5, 5.41) is 1.16. The minimum atomic E-state index is 0.772. The summed E-state index contributed by atoms with van der Waals surface area (Å²) in [4.78, 5) is 11.4. The summed E-state index contributed by atoms with van der Waals surface area (Å²) in [5.41, 5.74) is 2.85. The fourth-order valence-corrected chi connectivity index (χ4v) is 2.47. The second-order valence-electron chi connectivity index (χ2n) is 2.88. The molecule has 5 heteroatoms. The zero-order valence-electron chi connectivity index (χ0n) is 6.82. The molecule has 0 radical (unpaired) electrons. The molecule has 0 unspecified atom stereocenters. The van der Waals surface area contributed by atoms with Crippen LogP contribution in [0.5, 0.6) is 0 Å². The first-order valence-electron chi connectivity index (χ1n) is 3.91. The molecule has 64 valence electrons. The van der Waals surface area contributed by atoms with E-state index in [0.717, 1.165) is 27.6 Å². The smallest absolute Gasteiger partial charge is 0.296 e. The third-order valence-electron chi connectivity index (χ3n) is 2.06. The third kappa shape index (κ3) is 0.846. The van der Waals surface area contributed by atoms with Gasteiger partial charge in [0.1, 0.15) is 5.70 Å². The van der Waals surface area contributed by atoms with Crippen LogP contribution in [0.3, 0.4) is 0 Å². The van der Waals surface area contributed by atoms with Crippen LogP contribution in [0, 0.1) is 0 Å². The normalized spacial score (nSPS) is 15.2. The number of fused-ring (bicyclic) bond motifs is 3. The molecule has 13 heavy (non-hydrogen) atoms. The van der Waals surface area contributed by atoms with Crippen LogP contribution < -0.4 is 4.57 Å². The first kappa shape index (κ1) is 7.08. The molecule has 4 nitrogen and oxygen atoms in total. The molecule has 0 aliphatic carbocycles. The van der Waals surface area contributed by atoms with Gasteiger partial charge >= 0.3 is 0 Å². The number of nitrogens with one attached hydrogen (secondary N) is 1. The number of aromatic nitrogens is 4. The average Bonchev–Trinajstić information content (AvgIpc) is 2.70. The van der Waals surface area contributed by atoms with E-state index in [-0.39, 0.29) is 0 Å². The van der Waals surface area contributed by atoms with Crippen LogP contribution in [-0.2, 0) is 0 Å². The van der Waals surface area contributed by atoms with Crippen molar-refractivity contribution in [2.24, 2.45) is 0 Å². The van der Waals surface area contributed by atoms with E-state index >= 15 is 0 Å². The Morgan fingerprint density at radius 1 is 1.54 bits per heavy atom. The van der Waals surface area contributed by atoms with Crippen molar-refractivity contribution in [1.29, 1.82) is 0 Å². The van der Waals surface area contributed by atoms with Gasteiger partial charge in [-0.15, -0.1) is 0 Å². The van der Waals surface area contributed by atoms with Crippen LogP contribution in [0.1, 0.15) is 0 Å². The lowest BCUT2D eigenvalue weighted by Gasteiger charge is -1.92. The molecule has 0 atom stereocenters. The Morgan fingerprint density at radius 3 is 3.38 bits per heavy atom. The molecular formula is C8H7N4S+. The summed E-state index contributed by atoms with van der Waals surface area (Å²) in [7, 11) is 0. The summed E-state index contributed by atoms with van der Waals surface area (Å²) in [6, 6.07) is 0. The maximum atomic E-state index is 4.21. The van der Waals surface area contributed by atoms with E-state index in [2.05, 4.69) is 21.5 Å². The molecule has 1 aliphatic heterocycles. The van der Waals surface area contributed by atoms with E-state index in [4.69, 9.17) is 0 Å². The standard InChI is InChI=1S/C8H6N4S/c1-5-2-13-8-6-7(10-3-9-6)11-4-12(5)8/h3-4H,1-2H2/p+1. The maximum absolute atomic E-state index is 4.21. The summed E-state index contributed by atoms with van der Waals surface area (Å²) in [6.45, 7) is 3.95. The van der Waals surface area contributed by atoms with Crippen molar-refractivity contribution in [3.05, 3.63) is 19.2 Å². The number of H-pyrrole nitrogens is 1. The fraction of sp³-hybridized carbons (Fsp3) is 0.125. The van der Waals surface area contributed by atoms with E-state index in [1.54, 1.807) is 24.4 Å². The van der Waals surface area contributed by atoms with E-state index < -0.39 is 0 Å². The van der Waals surface area contributed by atoms with Crippen LogP contribution in [0.15, 0.2) is 24.3 Å². The molecule has 0 amide bonds. The number of imidazole rings is 1. The molecule has 0 fully saturated rings. The topological polar surface area (TPSA) is 45.5 Å². The lowest BCUT2D eigenvalue weighted by Crippen LogP contribution is -2.31. The van der Waals surface area contributed by atoms with Gasteiger partial charge in [0.25, 0.3) is 12.0 Å². The molecule has 2 aromatic heterocycles. The maximum Gasteiger partial charge on any atom is 0.296 e. The first-order chi connectivity index (χ1) is 6.36. The van der Waals surface area contributed by atoms with E-state index in [0.29, 0.717) is 0 Å². The van der Waals surface area contributed by atoms with Crippen molar-refractivity contribution in [2.75, 3.05) is 5.75 Å². The molecule has 1 N–H and O–H groups in total. The number of hydrogen-bond acceptors (Lipinski definition) is 3. The van der Waals surface area contributed by atoms with Gasteiger partial charge in [-0.2, -0.15) is 9.55 Å². The Balaban J connectivity index is 2.45. The Labute approximate surface area is 78.7 Å². The molecule has 0 spiro atoms. The summed E-state index contributed by atoms with van der Waals surface area (Å²) in [5.74, 6) is 0.930. The van der Waals surface area contributed by atoms with Crippen molar-refractivity contribution < 1.29 is 4.57 Å². The second-order valence-corrected chi connectivity index (χ2v) is 3.84. The molecule has 0 bridgehead atoms. The van der Waals surface area contributed by atoms with Gasteiger partial charge in [-0.25, -0.2) is 0 Å². The van der Waals surface area contributed by atoms with Crippen molar-refractivity contribution in [3.63, 3.8) is 0 Å². The Kier molecular flexibility index (Phi) is 1.26. The third-order valence-corrected chi connectivity index (χ3v) is 3.22. The van der Waals surface area contributed by atoms with Crippen molar-refractivity contribution in [1.82, 2.24) is 15.0 Å². The highest BCUT2D eigenvalue weighted by molar-refractivity contribution is 7.99. The summed E-state index contributed by atoms with van der Waals surface area (Å²) in [6.07, 6.45) is 3.45. The Bertz CT molecular complexity index is 502. The van der Waals surface area contributed by atoms with Crippen molar-refractivity contribution in [2.45, 2.75) is 5.03 Å². The van der Waals surface area contributed by atoms with Crippen LogP contribution >= 0.6 is 11.8 Å². The van der Waals surface area contributed by atoms with Gasteiger partial charge in [-0.3, -0.25) is 0 Å². The van der Waals surface area contributed by atoms with E-state index in [9.17, 15) is 0 Å². The molecule has 0 aromatic carbocycles. The van der Waals surface area contributed by atoms with Gasteiger partial charge in [0.2, 0.25) is 0 Å². The van der Waals surface area contributed by atoms with Gasteiger partial charge in [-0.05, 0) is 4.98 Å². The number of aromatic amines is 1. The Morgan fingerprint density at radius 2 is 2.46 bits per heavy atom. The molecule has 2 aromatic rings. The van der Waals surface area contributed by atoms with Crippen LogP contribution in [0.2, 0.25) is 0 Å². The fourth-order valence-electron chi connectivity index (χ4n) is 1.42. The first-order valence-corrected chi connectivity index (χ1v) is 4.89. The van der Waals surface area contributed by atoms with Crippen LogP contribution in [-0.4, -0.2) is 20.7 Å². The van der Waals surface area contributed by atoms with Gasteiger partial charge in [0.15, 0.2) is 10.5 Å². The number of thioether (sulfide) groups is 1. The molecular weight excluding hydrogens is 184 g/mol. The van der Waals surface area contributed by atoms with E-state index in [1.807, 2.05) is 4.57 Å². The SMILES string of the molecule is C=C1CSc2c3[nH]cnc3nc[n+]21. The highest BCUT2D eigenvalue weighted by atomic mass is 32.2. The number of rotatable bonds is 0. The van der Waals surface area contributed by atoms with Crippen LogP contribution in [0.25, 0.3) is 16.9 Å². The molecule has 1 aliphatic rings. The largest absolute Gasteiger partial charge is 0.337 e. The zero-order chi connectivity index (χ0) is 8.84. The number of hydrogen-bond donors (Lipinski definition) is 1. The minimum absolute atomic E-state index is 0.772. The van der Waals surface area contributed by atoms with Gasteiger partial charge < -0.3 is 4.98 Å². The monoisotopic (exact) mass is 191 g/mol. The average molecular weight is 191 g/mol. The van der Waals surface area contributed by atoms with E-state index in [1.165, 1.54) is 0 Å². The highest BCUT2D eigenvalue weighted by Crippen LogP contribution is 2.28. The summed E-state index contributed by atoms with van der Waals surface area (Å²) >= 11 is 1.76. The quantitative estimate of drug-likeness (QED) is 0.495. The molecule has 3 heterocycles. The Hall–Kier alpha value is -1.36. The lowest BCUT2D eigenvalue weighted by atomic mass is 10.5. The molecule has 0 saturated heterocycles. The van der Waals surface area contributed by atoms with Crippen molar-refractivity contribution >= 4 is 28.6 Å². The minimum Gasteiger partial charge on any atom is -0.337 e. The second kappa shape index (κ2) is 2.32. The predicted octanol–water partition coefficient (Wildman–Crippen LogP) is 0.822. The molecule has 3 rings (SSSR count). The van der Waals surface area contributed by atoms with Crippen LogP contribution in [0.4, 0.5) is 0 Å². The predicted molar refractivity (Wildman–Crippen MR) is 50.1 cm³/mol. The lowest BCUT2D eigenvalue weighted by molar-refractivity contribution is -0.618. The molecule has 0 saturated carbocycles.